The molecule has 2 atom stereocenters. The van der Waals surface area contributed by atoms with Gasteiger partial charge in [0, 0.05) is 10.1 Å². The smallest absolute Gasteiger partial charge is 0.304 e. The Morgan fingerprint density at radius 3 is 2.62 bits per heavy atom. The highest BCUT2D eigenvalue weighted by molar-refractivity contribution is 7.85. The fraction of sp³-hybridized carbons (Fsp3) is 0.417. The Balaban J connectivity index is 2.95. The number of aliphatic carboxylic acids is 1. The molecule has 0 aliphatic heterocycles. The van der Waals surface area contributed by atoms with Gasteiger partial charge in [0.1, 0.15) is 0 Å². The first-order chi connectivity index (χ1) is 7.41. The molecule has 1 aromatic rings. The van der Waals surface area contributed by atoms with Gasteiger partial charge in [-0.15, -0.1) is 0 Å². The zero-order valence-corrected chi connectivity index (χ0v) is 10.5. The molecule has 0 fully saturated rings. The van der Waals surface area contributed by atoms with Crippen molar-refractivity contribution in [1.29, 1.82) is 0 Å². The Bertz CT molecular complexity index is 426. The van der Waals surface area contributed by atoms with Crippen molar-refractivity contribution in [1.82, 2.24) is 0 Å². The number of aryl methyl sites for hydroxylation is 2. The van der Waals surface area contributed by atoms with Crippen LogP contribution in [0.15, 0.2) is 23.1 Å². The van der Waals surface area contributed by atoms with Crippen LogP contribution in [0.3, 0.4) is 0 Å². The highest BCUT2D eigenvalue weighted by atomic mass is 32.2. The van der Waals surface area contributed by atoms with Crippen molar-refractivity contribution in [2.75, 3.05) is 0 Å². The topological polar surface area (TPSA) is 54.4 Å². The summed E-state index contributed by atoms with van der Waals surface area (Å²) in [5.41, 5.74) is 1.98. The fourth-order valence-electron chi connectivity index (χ4n) is 1.46. The fourth-order valence-corrected chi connectivity index (χ4v) is 2.88. The molecular weight excluding hydrogens is 224 g/mol. The second kappa shape index (κ2) is 5.25. The summed E-state index contributed by atoms with van der Waals surface area (Å²) in [5.74, 6) is -0.911. The van der Waals surface area contributed by atoms with Crippen LogP contribution in [0.5, 0.6) is 0 Å². The van der Waals surface area contributed by atoms with Crippen molar-refractivity contribution in [2.24, 2.45) is 0 Å². The van der Waals surface area contributed by atoms with Gasteiger partial charge in [-0.05, 0) is 38.0 Å². The molecular formula is C12H16O3S. The van der Waals surface area contributed by atoms with E-state index in [1.165, 1.54) is 0 Å². The number of hydrogen-bond acceptors (Lipinski definition) is 2. The minimum Gasteiger partial charge on any atom is -0.481 e. The van der Waals surface area contributed by atoms with Crippen LogP contribution in [0.25, 0.3) is 0 Å². The van der Waals surface area contributed by atoms with E-state index < -0.39 is 16.8 Å². The molecule has 0 aromatic heterocycles. The molecule has 0 amide bonds. The second-order valence-electron chi connectivity index (χ2n) is 3.97. The lowest BCUT2D eigenvalue weighted by Crippen LogP contribution is -2.16. The summed E-state index contributed by atoms with van der Waals surface area (Å²) in [5, 5.41) is 8.31. The Morgan fingerprint density at radius 1 is 1.44 bits per heavy atom. The molecule has 0 saturated heterocycles. The van der Waals surface area contributed by atoms with Crippen molar-refractivity contribution in [2.45, 2.75) is 37.3 Å². The largest absolute Gasteiger partial charge is 0.481 e. The van der Waals surface area contributed by atoms with E-state index in [1.54, 1.807) is 6.92 Å². The molecule has 0 radical (unpaired) electrons. The zero-order chi connectivity index (χ0) is 12.3. The van der Waals surface area contributed by atoms with E-state index in [1.807, 2.05) is 32.0 Å². The Labute approximate surface area is 98.0 Å². The molecule has 0 heterocycles. The number of benzene rings is 1. The molecule has 0 spiro atoms. The Kier molecular flexibility index (Phi) is 4.24. The summed E-state index contributed by atoms with van der Waals surface area (Å²) in [6.45, 7) is 5.52. The van der Waals surface area contributed by atoms with Gasteiger partial charge in [0.15, 0.2) is 0 Å². The van der Waals surface area contributed by atoms with Crippen molar-refractivity contribution in [3.63, 3.8) is 0 Å². The third kappa shape index (κ3) is 3.17. The number of rotatable bonds is 4. The van der Waals surface area contributed by atoms with Crippen molar-refractivity contribution >= 4 is 16.8 Å². The van der Waals surface area contributed by atoms with Crippen molar-refractivity contribution < 1.29 is 14.1 Å². The molecule has 4 heteroatoms. The highest BCUT2D eigenvalue weighted by Gasteiger charge is 2.18. The molecule has 2 unspecified atom stereocenters. The van der Waals surface area contributed by atoms with Gasteiger partial charge in [-0.25, -0.2) is 0 Å². The van der Waals surface area contributed by atoms with E-state index in [-0.39, 0.29) is 11.7 Å². The van der Waals surface area contributed by atoms with Gasteiger partial charge in [0.2, 0.25) is 0 Å². The van der Waals surface area contributed by atoms with E-state index >= 15 is 0 Å². The van der Waals surface area contributed by atoms with E-state index in [0.29, 0.717) is 0 Å². The summed E-state index contributed by atoms with van der Waals surface area (Å²) in [6, 6.07) is 5.73. The summed E-state index contributed by atoms with van der Waals surface area (Å²) < 4.78 is 12.1. The number of carboxylic acid groups (broad SMARTS) is 1. The molecule has 3 nitrogen and oxygen atoms in total. The normalized spacial score (nSPS) is 14.4. The van der Waals surface area contributed by atoms with Gasteiger partial charge >= 0.3 is 5.97 Å². The summed E-state index contributed by atoms with van der Waals surface area (Å²) >= 11 is 0. The predicted molar refractivity (Wildman–Crippen MR) is 64.0 cm³/mol. The van der Waals surface area contributed by atoms with E-state index in [0.717, 1.165) is 16.0 Å². The lowest BCUT2D eigenvalue weighted by Gasteiger charge is -2.11. The molecule has 0 aliphatic carbocycles. The molecule has 0 bridgehead atoms. The molecule has 1 aromatic carbocycles. The van der Waals surface area contributed by atoms with Gasteiger partial charge in [0.05, 0.1) is 17.2 Å². The molecule has 1 rings (SSSR count). The lowest BCUT2D eigenvalue weighted by molar-refractivity contribution is -0.136. The number of carbonyl (C=O) groups is 1. The van der Waals surface area contributed by atoms with Crippen LogP contribution in [0.1, 0.15) is 24.5 Å². The van der Waals surface area contributed by atoms with Crippen LogP contribution >= 0.6 is 0 Å². The third-order valence-electron chi connectivity index (χ3n) is 2.39. The van der Waals surface area contributed by atoms with Crippen LogP contribution in [0.4, 0.5) is 0 Å². The third-order valence-corrected chi connectivity index (χ3v) is 4.16. The molecule has 1 N–H and O–H groups in total. The van der Waals surface area contributed by atoms with Crippen molar-refractivity contribution in [3.05, 3.63) is 29.3 Å². The van der Waals surface area contributed by atoms with Gasteiger partial charge < -0.3 is 5.11 Å². The first kappa shape index (κ1) is 12.9. The summed E-state index contributed by atoms with van der Waals surface area (Å²) in [7, 11) is -1.25. The second-order valence-corrected chi connectivity index (χ2v) is 5.81. The quantitative estimate of drug-likeness (QED) is 0.878. The van der Waals surface area contributed by atoms with E-state index in [9.17, 15) is 9.00 Å². The van der Waals surface area contributed by atoms with Gasteiger partial charge in [0.25, 0.3) is 0 Å². The van der Waals surface area contributed by atoms with Gasteiger partial charge in [-0.1, -0.05) is 12.1 Å². The average Bonchev–Trinajstić information content (AvgIpc) is 2.19. The minimum absolute atomic E-state index is 0.0695. The standard InChI is InChI=1S/C12H16O3S/c1-8-4-5-9(2)11(6-8)16(15)10(3)7-12(13)14/h4-6,10H,7H2,1-3H3,(H,13,14). The first-order valence-corrected chi connectivity index (χ1v) is 6.32. The van der Waals surface area contributed by atoms with Crippen LogP contribution in [-0.4, -0.2) is 20.5 Å². The maximum Gasteiger partial charge on any atom is 0.304 e. The highest BCUT2D eigenvalue weighted by Crippen LogP contribution is 2.19. The van der Waals surface area contributed by atoms with Crippen LogP contribution in [0, 0.1) is 13.8 Å². The zero-order valence-electron chi connectivity index (χ0n) is 9.69. The SMILES string of the molecule is Cc1ccc(C)c(S(=O)C(C)CC(=O)O)c1. The van der Waals surface area contributed by atoms with E-state index in [2.05, 4.69) is 0 Å². The monoisotopic (exact) mass is 240 g/mol. The van der Waals surface area contributed by atoms with Crippen molar-refractivity contribution in [3.8, 4) is 0 Å². The first-order valence-electron chi connectivity index (χ1n) is 5.11. The summed E-state index contributed by atoms with van der Waals surface area (Å²) in [6.07, 6.45) is -0.0695. The van der Waals surface area contributed by atoms with Gasteiger partial charge in [-0.2, -0.15) is 0 Å². The predicted octanol–water partition coefficient (Wildman–Crippen LogP) is 2.27. The lowest BCUT2D eigenvalue weighted by atomic mass is 10.2. The van der Waals surface area contributed by atoms with E-state index in [4.69, 9.17) is 5.11 Å². The Hall–Kier alpha value is -1.16. The Morgan fingerprint density at radius 2 is 2.06 bits per heavy atom. The molecule has 0 saturated carbocycles. The molecule has 0 aliphatic rings. The minimum atomic E-state index is -1.25. The van der Waals surface area contributed by atoms with Crippen LogP contribution in [-0.2, 0) is 15.6 Å². The van der Waals surface area contributed by atoms with Gasteiger partial charge in [-0.3, -0.25) is 9.00 Å². The number of carboxylic acids is 1. The summed E-state index contributed by atoms with van der Waals surface area (Å²) in [4.78, 5) is 11.3. The molecule has 16 heavy (non-hydrogen) atoms. The van der Waals surface area contributed by atoms with Crippen LogP contribution < -0.4 is 0 Å². The average molecular weight is 240 g/mol. The molecule has 88 valence electrons. The van der Waals surface area contributed by atoms with Crippen LogP contribution in [0.2, 0.25) is 0 Å². The number of hydrogen-bond donors (Lipinski definition) is 1. The maximum absolute atomic E-state index is 12.1. The maximum atomic E-state index is 12.1.